The molecule has 1 heterocycles. The van der Waals surface area contributed by atoms with Gasteiger partial charge in [-0.2, -0.15) is 0 Å². The SMILES string of the molecule is Cc1cc(C)c(C2CC(C)NN2)c(C)c1. The van der Waals surface area contributed by atoms with E-state index in [0.717, 1.165) is 0 Å². The molecule has 2 N–H and O–H groups in total. The van der Waals surface area contributed by atoms with Crippen LogP contribution in [0.25, 0.3) is 0 Å². The predicted molar refractivity (Wildman–Crippen MR) is 63.7 cm³/mol. The van der Waals surface area contributed by atoms with Crippen LogP contribution in [0.5, 0.6) is 0 Å². The highest BCUT2D eigenvalue weighted by molar-refractivity contribution is 5.40. The van der Waals surface area contributed by atoms with Gasteiger partial charge in [0.25, 0.3) is 0 Å². The Morgan fingerprint density at radius 2 is 1.67 bits per heavy atom. The first kappa shape index (κ1) is 10.7. The van der Waals surface area contributed by atoms with Crippen molar-refractivity contribution < 1.29 is 0 Å². The maximum atomic E-state index is 3.37. The minimum atomic E-state index is 0.473. The zero-order chi connectivity index (χ0) is 11.0. The molecule has 0 saturated carbocycles. The van der Waals surface area contributed by atoms with Crippen molar-refractivity contribution >= 4 is 0 Å². The van der Waals surface area contributed by atoms with Gasteiger partial charge in [0.15, 0.2) is 0 Å². The lowest BCUT2D eigenvalue weighted by Gasteiger charge is -2.17. The molecule has 0 aromatic heterocycles. The summed E-state index contributed by atoms with van der Waals surface area (Å²) in [4.78, 5) is 0. The van der Waals surface area contributed by atoms with E-state index in [1.54, 1.807) is 0 Å². The molecule has 2 heteroatoms. The number of hydrogen-bond donors (Lipinski definition) is 2. The van der Waals surface area contributed by atoms with E-state index in [4.69, 9.17) is 0 Å². The van der Waals surface area contributed by atoms with Gasteiger partial charge in [-0.15, -0.1) is 0 Å². The molecule has 0 bridgehead atoms. The van der Waals surface area contributed by atoms with Crippen LogP contribution in [-0.4, -0.2) is 6.04 Å². The summed E-state index contributed by atoms with van der Waals surface area (Å²) >= 11 is 0. The molecule has 2 atom stereocenters. The van der Waals surface area contributed by atoms with Crippen LogP contribution in [0.1, 0.15) is 41.6 Å². The second-order valence-corrected chi connectivity index (χ2v) is 4.79. The van der Waals surface area contributed by atoms with Gasteiger partial charge in [0.1, 0.15) is 0 Å². The molecular weight excluding hydrogens is 184 g/mol. The van der Waals surface area contributed by atoms with Crippen molar-refractivity contribution in [2.45, 2.75) is 46.2 Å². The maximum absolute atomic E-state index is 3.37. The Labute approximate surface area is 92.1 Å². The van der Waals surface area contributed by atoms with Crippen molar-refractivity contribution in [1.29, 1.82) is 0 Å². The molecule has 0 amide bonds. The number of nitrogens with one attached hydrogen (secondary N) is 2. The van der Waals surface area contributed by atoms with Crippen molar-refractivity contribution in [3.05, 3.63) is 34.4 Å². The van der Waals surface area contributed by atoms with E-state index >= 15 is 0 Å². The summed E-state index contributed by atoms with van der Waals surface area (Å²) < 4.78 is 0. The van der Waals surface area contributed by atoms with Crippen LogP contribution in [-0.2, 0) is 0 Å². The highest BCUT2D eigenvalue weighted by Gasteiger charge is 2.24. The average molecular weight is 204 g/mol. The topological polar surface area (TPSA) is 24.1 Å². The van der Waals surface area contributed by atoms with Crippen molar-refractivity contribution in [2.75, 3.05) is 0 Å². The third-order valence-electron chi connectivity index (χ3n) is 3.18. The predicted octanol–water partition coefficient (Wildman–Crippen LogP) is 2.54. The molecule has 1 aromatic rings. The third kappa shape index (κ3) is 2.06. The molecule has 0 spiro atoms. The second kappa shape index (κ2) is 3.95. The Bertz CT molecular complexity index is 348. The van der Waals surface area contributed by atoms with Gasteiger partial charge in [0, 0.05) is 12.1 Å². The van der Waals surface area contributed by atoms with Gasteiger partial charge in [0.05, 0.1) is 0 Å². The van der Waals surface area contributed by atoms with Gasteiger partial charge in [0.2, 0.25) is 0 Å². The van der Waals surface area contributed by atoms with E-state index in [2.05, 4.69) is 50.7 Å². The fraction of sp³-hybridized carbons (Fsp3) is 0.538. The minimum absolute atomic E-state index is 0.473. The third-order valence-corrected chi connectivity index (χ3v) is 3.18. The van der Waals surface area contributed by atoms with Crippen LogP contribution in [0.15, 0.2) is 12.1 Å². The Morgan fingerprint density at radius 1 is 1.07 bits per heavy atom. The van der Waals surface area contributed by atoms with Crippen molar-refractivity contribution in [2.24, 2.45) is 0 Å². The molecule has 1 aliphatic heterocycles. The molecule has 2 nitrogen and oxygen atoms in total. The van der Waals surface area contributed by atoms with Gasteiger partial charge in [-0.3, -0.25) is 10.9 Å². The summed E-state index contributed by atoms with van der Waals surface area (Å²) in [5.74, 6) is 0. The molecule has 1 saturated heterocycles. The normalized spacial score (nSPS) is 25.9. The smallest absolute Gasteiger partial charge is 0.0482 e. The van der Waals surface area contributed by atoms with Crippen LogP contribution in [0.2, 0.25) is 0 Å². The molecule has 0 aliphatic carbocycles. The van der Waals surface area contributed by atoms with Gasteiger partial charge < -0.3 is 0 Å². The van der Waals surface area contributed by atoms with E-state index < -0.39 is 0 Å². The fourth-order valence-electron chi connectivity index (χ4n) is 2.65. The Kier molecular flexibility index (Phi) is 2.81. The summed E-state index contributed by atoms with van der Waals surface area (Å²) in [6.45, 7) is 8.79. The number of rotatable bonds is 1. The first-order chi connectivity index (χ1) is 7.08. The van der Waals surface area contributed by atoms with Crippen LogP contribution < -0.4 is 10.9 Å². The minimum Gasteiger partial charge on any atom is -0.254 e. The average Bonchev–Trinajstić information content (AvgIpc) is 2.49. The largest absolute Gasteiger partial charge is 0.254 e. The van der Waals surface area contributed by atoms with Crippen LogP contribution in [0.3, 0.4) is 0 Å². The summed E-state index contributed by atoms with van der Waals surface area (Å²) in [7, 11) is 0. The van der Waals surface area contributed by atoms with E-state index in [1.807, 2.05) is 0 Å². The van der Waals surface area contributed by atoms with E-state index in [9.17, 15) is 0 Å². The van der Waals surface area contributed by atoms with E-state index in [0.29, 0.717) is 12.1 Å². The zero-order valence-corrected chi connectivity index (χ0v) is 10.0. The number of benzene rings is 1. The number of hydrogen-bond acceptors (Lipinski definition) is 2. The second-order valence-electron chi connectivity index (χ2n) is 4.79. The Balaban J connectivity index is 2.35. The van der Waals surface area contributed by atoms with Crippen molar-refractivity contribution in [1.82, 2.24) is 10.9 Å². The molecule has 82 valence electrons. The lowest BCUT2D eigenvalue weighted by atomic mass is 9.92. The standard InChI is InChI=1S/C13H20N2/c1-8-5-9(2)13(10(3)6-8)12-7-11(4)14-15-12/h5-6,11-12,14-15H,7H2,1-4H3. The number of aryl methyl sites for hydroxylation is 3. The lowest BCUT2D eigenvalue weighted by Crippen LogP contribution is -2.29. The van der Waals surface area contributed by atoms with E-state index in [1.165, 1.54) is 28.7 Å². The van der Waals surface area contributed by atoms with Crippen LogP contribution >= 0.6 is 0 Å². The maximum Gasteiger partial charge on any atom is 0.0482 e. The highest BCUT2D eigenvalue weighted by atomic mass is 15.4. The quantitative estimate of drug-likeness (QED) is 0.734. The molecule has 1 aliphatic rings. The lowest BCUT2D eigenvalue weighted by molar-refractivity contribution is 0.558. The molecule has 15 heavy (non-hydrogen) atoms. The molecule has 1 fully saturated rings. The number of hydrazine groups is 1. The summed E-state index contributed by atoms with van der Waals surface area (Å²) in [6.07, 6.45) is 1.17. The molecule has 1 aromatic carbocycles. The van der Waals surface area contributed by atoms with Gasteiger partial charge in [-0.25, -0.2) is 0 Å². The van der Waals surface area contributed by atoms with Gasteiger partial charge >= 0.3 is 0 Å². The van der Waals surface area contributed by atoms with Gasteiger partial charge in [-0.05, 0) is 50.8 Å². The molecule has 2 rings (SSSR count). The molecule has 2 unspecified atom stereocenters. The monoisotopic (exact) mass is 204 g/mol. The summed E-state index contributed by atoms with van der Waals surface area (Å²) in [5, 5.41) is 0. The first-order valence-electron chi connectivity index (χ1n) is 5.66. The van der Waals surface area contributed by atoms with Gasteiger partial charge in [-0.1, -0.05) is 17.7 Å². The molecule has 0 radical (unpaired) electrons. The Hall–Kier alpha value is -0.860. The summed E-state index contributed by atoms with van der Waals surface area (Å²) in [6, 6.07) is 5.58. The zero-order valence-electron chi connectivity index (χ0n) is 10.0. The van der Waals surface area contributed by atoms with Crippen LogP contribution in [0.4, 0.5) is 0 Å². The highest BCUT2D eigenvalue weighted by Crippen LogP contribution is 2.28. The Morgan fingerprint density at radius 3 is 2.13 bits per heavy atom. The molecular formula is C13H20N2. The van der Waals surface area contributed by atoms with Crippen molar-refractivity contribution in [3.8, 4) is 0 Å². The summed E-state index contributed by atoms with van der Waals surface area (Å²) in [5.41, 5.74) is 12.3. The van der Waals surface area contributed by atoms with Crippen molar-refractivity contribution in [3.63, 3.8) is 0 Å². The van der Waals surface area contributed by atoms with Crippen LogP contribution in [0, 0.1) is 20.8 Å². The first-order valence-corrected chi connectivity index (χ1v) is 5.66. The van der Waals surface area contributed by atoms with E-state index in [-0.39, 0.29) is 0 Å². The fourth-order valence-corrected chi connectivity index (χ4v) is 2.65.